The Morgan fingerprint density at radius 1 is 1.17 bits per heavy atom. The van der Waals surface area contributed by atoms with Crippen molar-refractivity contribution in [1.29, 1.82) is 0 Å². The summed E-state index contributed by atoms with van der Waals surface area (Å²) in [4.78, 5) is 26.6. The van der Waals surface area contributed by atoms with Gasteiger partial charge in [0.15, 0.2) is 0 Å². The van der Waals surface area contributed by atoms with Gasteiger partial charge in [-0.3, -0.25) is 9.78 Å². The average Bonchev–Trinajstić information content (AvgIpc) is 2.53. The number of pyridine rings is 1. The topological polar surface area (TPSA) is 76.5 Å². The molecule has 0 amide bonds. The molecule has 0 aliphatic heterocycles. The fourth-order valence-electron chi connectivity index (χ4n) is 1.86. The Morgan fingerprint density at radius 2 is 1.87 bits per heavy atom. The summed E-state index contributed by atoms with van der Waals surface area (Å²) in [7, 11) is 1.01. The van der Waals surface area contributed by atoms with E-state index in [1.54, 1.807) is 0 Å². The molecule has 1 aromatic carbocycles. The van der Waals surface area contributed by atoms with Crippen LogP contribution in [0.25, 0.3) is 11.3 Å². The van der Waals surface area contributed by atoms with Gasteiger partial charge in [-0.05, 0) is 24.3 Å². The van der Waals surface area contributed by atoms with Gasteiger partial charge in [0.2, 0.25) is 0 Å². The first kappa shape index (κ1) is 16.5. The molecule has 0 saturated carbocycles. The van der Waals surface area contributed by atoms with Crippen LogP contribution in [0.4, 0.5) is 13.2 Å². The van der Waals surface area contributed by atoms with Gasteiger partial charge in [-0.15, -0.1) is 0 Å². The molecule has 1 heterocycles. The van der Waals surface area contributed by atoms with Gasteiger partial charge < -0.3 is 9.84 Å². The van der Waals surface area contributed by atoms with Gasteiger partial charge in [-0.1, -0.05) is 6.07 Å². The molecule has 0 saturated heterocycles. The van der Waals surface area contributed by atoms with E-state index in [4.69, 9.17) is 0 Å². The summed E-state index contributed by atoms with van der Waals surface area (Å²) >= 11 is 0. The highest BCUT2D eigenvalue weighted by Crippen LogP contribution is 2.33. The smallest absolute Gasteiger partial charge is 0.417 e. The van der Waals surface area contributed by atoms with Gasteiger partial charge >= 0.3 is 12.1 Å². The molecule has 0 atom stereocenters. The largest absolute Gasteiger partial charge is 0.506 e. The molecule has 0 bridgehead atoms. The van der Waals surface area contributed by atoms with Crippen molar-refractivity contribution in [2.45, 2.75) is 6.18 Å². The Labute approximate surface area is 128 Å². The molecule has 0 aliphatic carbocycles. The van der Waals surface area contributed by atoms with Crippen LogP contribution in [-0.2, 0) is 15.7 Å². The van der Waals surface area contributed by atoms with Crippen molar-refractivity contribution in [1.82, 2.24) is 4.98 Å². The van der Waals surface area contributed by atoms with Crippen LogP contribution in [0.1, 0.15) is 15.9 Å². The van der Waals surface area contributed by atoms with E-state index in [-0.39, 0.29) is 16.8 Å². The number of hydrogen-bond acceptors (Lipinski definition) is 5. The number of methoxy groups -OCH3 is 1. The number of ether oxygens (including phenoxy) is 1. The van der Waals surface area contributed by atoms with Crippen molar-refractivity contribution in [2.24, 2.45) is 0 Å². The molecule has 0 fully saturated rings. The van der Waals surface area contributed by atoms with E-state index >= 15 is 0 Å². The van der Waals surface area contributed by atoms with E-state index in [9.17, 15) is 27.9 Å². The molecule has 0 aliphatic rings. The molecule has 120 valence electrons. The molecule has 0 unspecified atom stereocenters. The number of aromatic hydroxyl groups is 1. The third-order valence-corrected chi connectivity index (χ3v) is 3.02. The minimum Gasteiger partial charge on any atom is -0.506 e. The zero-order chi connectivity index (χ0) is 17.2. The highest BCUT2D eigenvalue weighted by atomic mass is 19.4. The maximum atomic E-state index is 12.5. The van der Waals surface area contributed by atoms with Gasteiger partial charge in [0.25, 0.3) is 5.78 Å². The van der Waals surface area contributed by atoms with Crippen LogP contribution in [0.5, 0.6) is 5.75 Å². The predicted molar refractivity (Wildman–Crippen MR) is 72.7 cm³/mol. The highest BCUT2D eigenvalue weighted by Gasteiger charge is 2.31. The standard InChI is InChI=1S/C15H10F3NO4/c1-23-14(22)13(21)10-4-2-3-9(12(10)20)11-6-5-8(7-19-11)15(16,17)18/h2-7,20H,1H3. The van der Waals surface area contributed by atoms with E-state index in [1.165, 1.54) is 18.2 Å². The van der Waals surface area contributed by atoms with Crippen molar-refractivity contribution >= 4 is 11.8 Å². The SMILES string of the molecule is COC(=O)C(=O)c1cccc(-c2ccc(C(F)(F)F)cn2)c1O. The van der Waals surface area contributed by atoms with E-state index in [0.29, 0.717) is 6.20 Å². The molecule has 1 aromatic heterocycles. The Balaban J connectivity index is 2.45. The summed E-state index contributed by atoms with van der Waals surface area (Å²) in [5.41, 5.74) is -1.22. The minimum atomic E-state index is -4.53. The molecule has 0 spiro atoms. The third kappa shape index (κ3) is 3.31. The number of phenols is 1. The first-order chi connectivity index (χ1) is 10.8. The number of para-hydroxylation sites is 1. The molecule has 0 radical (unpaired) electrons. The zero-order valence-corrected chi connectivity index (χ0v) is 11.7. The molecule has 23 heavy (non-hydrogen) atoms. The van der Waals surface area contributed by atoms with Gasteiger partial charge in [-0.2, -0.15) is 13.2 Å². The van der Waals surface area contributed by atoms with Crippen LogP contribution in [0.3, 0.4) is 0 Å². The number of alkyl halides is 3. The Kier molecular flexibility index (Phi) is 4.35. The number of nitrogens with zero attached hydrogens (tertiary/aromatic N) is 1. The number of phenolic OH excluding ortho intramolecular Hbond substituents is 1. The molecule has 8 heteroatoms. The second-order valence-electron chi connectivity index (χ2n) is 4.45. The Morgan fingerprint density at radius 3 is 2.39 bits per heavy atom. The van der Waals surface area contributed by atoms with E-state index in [2.05, 4.69) is 9.72 Å². The third-order valence-electron chi connectivity index (χ3n) is 3.02. The lowest BCUT2D eigenvalue weighted by Gasteiger charge is -2.10. The van der Waals surface area contributed by atoms with Crippen LogP contribution in [0.15, 0.2) is 36.5 Å². The number of Topliss-reactive ketones (excluding diaryl/α,β-unsaturated/α-hetero) is 1. The van der Waals surface area contributed by atoms with Crippen molar-refractivity contribution in [3.63, 3.8) is 0 Å². The fraction of sp³-hybridized carbons (Fsp3) is 0.133. The van der Waals surface area contributed by atoms with Crippen LogP contribution in [-0.4, -0.2) is 29.0 Å². The van der Waals surface area contributed by atoms with Crippen LogP contribution < -0.4 is 0 Å². The first-order valence-corrected chi connectivity index (χ1v) is 6.24. The molecular formula is C15H10F3NO4. The monoisotopic (exact) mass is 325 g/mol. The van der Waals surface area contributed by atoms with Gasteiger partial charge in [0, 0.05) is 11.8 Å². The highest BCUT2D eigenvalue weighted by molar-refractivity contribution is 6.41. The lowest BCUT2D eigenvalue weighted by atomic mass is 10.0. The molecule has 2 aromatic rings. The summed E-state index contributed by atoms with van der Waals surface area (Å²) in [5.74, 6) is -2.80. The Hall–Kier alpha value is -2.90. The maximum Gasteiger partial charge on any atom is 0.417 e. The zero-order valence-electron chi connectivity index (χ0n) is 11.7. The second kappa shape index (κ2) is 6.07. The summed E-state index contributed by atoms with van der Waals surface area (Å²) in [6, 6.07) is 5.78. The van der Waals surface area contributed by atoms with Crippen molar-refractivity contribution in [3.05, 3.63) is 47.7 Å². The first-order valence-electron chi connectivity index (χ1n) is 6.24. The molecule has 2 rings (SSSR count). The number of hydrogen-bond donors (Lipinski definition) is 1. The van der Waals surface area contributed by atoms with E-state index in [1.807, 2.05) is 0 Å². The van der Waals surface area contributed by atoms with E-state index < -0.39 is 29.2 Å². The molecular weight excluding hydrogens is 315 g/mol. The Bertz CT molecular complexity index is 754. The summed E-state index contributed by atoms with van der Waals surface area (Å²) in [5, 5.41) is 10.1. The lowest BCUT2D eigenvalue weighted by Crippen LogP contribution is -2.15. The number of ketones is 1. The van der Waals surface area contributed by atoms with Crippen LogP contribution in [0, 0.1) is 0 Å². The second-order valence-corrected chi connectivity index (χ2v) is 4.45. The normalized spacial score (nSPS) is 11.1. The van der Waals surface area contributed by atoms with Gasteiger partial charge in [-0.25, -0.2) is 4.79 Å². The van der Waals surface area contributed by atoms with Crippen molar-refractivity contribution in [3.8, 4) is 17.0 Å². The fourth-order valence-corrected chi connectivity index (χ4v) is 1.86. The minimum absolute atomic E-state index is 0.0217. The average molecular weight is 325 g/mol. The number of rotatable bonds is 3. The van der Waals surface area contributed by atoms with Crippen LogP contribution >= 0.6 is 0 Å². The number of aromatic nitrogens is 1. The lowest BCUT2D eigenvalue weighted by molar-refractivity contribution is -0.138. The number of halogens is 3. The number of esters is 1. The van der Waals surface area contributed by atoms with Crippen LogP contribution in [0.2, 0.25) is 0 Å². The van der Waals surface area contributed by atoms with Gasteiger partial charge in [0.1, 0.15) is 5.75 Å². The van der Waals surface area contributed by atoms with E-state index in [0.717, 1.165) is 19.2 Å². The summed E-state index contributed by atoms with van der Waals surface area (Å²) in [6.45, 7) is 0. The predicted octanol–water partition coefficient (Wildman–Crippen LogP) is 2.83. The maximum absolute atomic E-state index is 12.5. The summed E-state index contributed by atoms with van der Waals surface area (Å²) in [6.07, 6.45) is -3.92. The number of benzene rings is 1. The van der Waals surface area contributed by atoms with Crippen molar-refractivity contribution < 1.29 is 32.6 Å². The number of carbonyl (C=O) groups is 2. The summed E-state index contributed by atoms with van der Waals surface area (Å²) < 4.78 is 41.8. The number of carbonyl (C=O) groups excluding carboxylic acids is 2. The quantitative estimate of drug-likeness (QED) is 0.533. The molecule has 1 N–H and O–H groups in total. The molecule has 5 nitrogen and oxygen atoms in total. The van der Waals surface area contributed by atoms with Crippen molar-refractivity contribution in [2.75, 3.05) is 7.11 Å². The van der Waals surface area contributed by atoms with Gasteiger partial charge in [0.05, 0.1) is 23.9 Å².